The van der Waals surface area contributed by atoms with E-state index in [9.17, 15) is 0 Å². The Hall–Kier alpha value is 0.311. The van der Waals surface area contributed by atoms with Crippen LogP contribution < -0.4 is 0 Å². The second-order valence-electron chi connectivity index (χ2n) is 6.99. The largest absolute Gasteiger partial charge is 0.434 e. The van der Waals surface area contributed by atoms with Gasteiger partial charge in [-0.2, -0.15) is 0 Å². The van der Waals surface area contributed by atoms with Crippen LogP contribution in [0.3, 0.4) is 0 Å². The van der Waals surface area contributed by atoms with Crippen molar-refractivity contribution in [3.63, 3.8) is 0 Å². The van der Waals surface area contributed by atoms with E-state index in [1.807, 2.05) is 0 Å². The van der Waals surface area contributed by atoms with Crippen LogP contribution in [0, 0.1) is 0 Å². The van der Waals surface area contributed by atoms with Crippen molar-refractivity contribution in [1.29, 1.82) is 0 Å². The summed E-state index contributed by atoms with van der Waals surface area (Å²) >= 11 is 0. The van der Waals surface area contributed by atoms with Gasteiger partial charge in [-0.3, -0.25) is 0 Å². The molecule has 0 N–H and O–H groups in total. The third-order valence-corrected chi connectivity index (χ3v) is 11.1. The molecule has 0 bridgehead atoms. The zero-order valence-electron chi connectivity index (χ0n) is 13.6. The van der Waals surface area contributed by atoms with Crippen LogP contribution in [0.25, 0.3) is 0 Å². The number of allylic oxidation sites excluding steroid dienone is 1. The minimum atomic E-state index is -2.13. The third-order valence-electron chi connectivity index (χ3n) is 2.16. The lowest BCUT2D eigenvalue weighted by Crippen LogP contribution is -2.51. The molecule has 0 amide bonds. The van der Waals surface area contributed by atoms with E-state index in [1.54, 1.807) is 0 Å². The Bertz CT molecular complexity index is 248. The molecule has 0 unspecified atom stereocenters. The number of hydrogen-bond acceptors (Lipinski definition) is 2. The van der Waals surface area contributed by atoms with Gasteiger partial charge in [0.1, 0.15) is 0 Å². The highest BCUT2D eigenvalue weighted by molar-refractivity contribution is 6.89. The maximum atomic E-state index is 6.39. The molecule has 108 valence electrons. The van der Waals surface area contributed by atoms with Crippen LogP contribution in [0.2, 0.25) is 45.8 Å². The molecule has 5 heteroatoms. The van der Waals surface area contributed by atoms with Gasteiger partial charge in [-0.25, -0.2) is 0 Å². The quantitative estimate of drug-likeness (QED) is 0.461. The Morgan fingerprint density at radius 2 is 1.28 bits per heavy atom. The van der Waals surface area contributed by atoms with E-state index in [1.165, 1.54) is 12.8 Å². The summed E-state index contributed by atoms with van der Waals surface area (Å²) in [5.41, 5.74) is 2.26. The van der Waals surface area contributed by atoms with Crippen molar-refractivity contribution in [2.45, 2.75) is 72.0 Å². The van der Waals surface area contributed by atoms with Gasteiger partial charge in [-0.15, -0.1) is 0 Å². The molecule has 0 saturated carbocycles. The molecule has 18 heavy (non-hydrogen) atoms. The summed E-state index contributed by atoms with van der Waals surface area (Å²) in [7, 11) is -5.23. The molecule has 0 atom stereocenters. The summed E-state index contributed by atoms with van der Waals surface area (Å²) in [6.45, 7) is 17.9. The van der Waals surface area contributed by atoms with Gasteiger partial charge in [0, 0.05) is 0 Å². The second-order valence-corrected chi connectivity index (χ2v) is 19.4. The normalized spacial score (nSPS) is 14.4. The van der Waals surface area contributed by atoms with Crippen LogP contribution in [0.4, 0.5) is 0 Å². The lowest BCUT2D eigenvalue weighted by atomic mass is 10.2. The van der Waals surface area contributed by atoms with Gasteiger partial charge in [-0.05, 0) is 57.9 Å². The van der Waals surface area contributed by atoms with Crippen molar-refractivity contribution in [3.05, 3.63) is 11.8 Å². The van der Waals surface area contributed by atoms with Gasteiger partial charge < -0.3 is 8.23 Å². The van der Waals surface area contributed by atoms with Crippen molar-refractivity contribution >= 4 is 25.2 Å². The predicted molar refractivity (Wildman–Crippen MR) is 89.1 cm³/mol. The highest BCUT2D eigenvalue weighted by atomic mass is 28.5. The minimum absolute atomic E-state index is 1.14. The van der Waals surface area contributed by atoms with Crippen molar-refractivity contribution in [2.24, 2.45) is 0 Å². The summed E-state index contributed by atoms with van der Waals surface area (Å²) < 4.78 is 12.8. The number of hydrogen-bond donors (Lipinski definition) is 0. The highest BCUT2D eigenvalue weighted by Gasteiger charge is 2.38. The molecule has 0 aliphatic rings. The first-order valence-corrected chi connectivity index (χ1v) is 16.3. The van der Waals surface area contributed by atoms with E-state index in [2.05, 4.69) is 64.5 Å². The Balaban J connectivity index is 4.75. The molecule has 0 saturated heterocycles. The lowest BCUT2D eigenvalue weighted by Gasteiger charge is -2.36. The van der Waals surface area contributed by atoms with Crippen LogP contribution in [-0.4, -0.2) is 25.2 Å². The fourth-order valence-electron chi connectivity index (χ4n) is 1.92. The van der Waals surface area contributed by atoms with Crippen LogP contribution in [-0.2, 0) is 8.23 Å². The van der Waals surface area contributed by atoms with Crippen LogP contribution >= 0.6 is 0 Å². The van der Waals surface area contributed by atoms with Gasteiger partial charge >= 0.3 is 8.56 Å². The van der Waals surface area contributed by atoms with Gasteiger partial charge in [-0.1, -0.05) is 25.8 Å². The molecule has 0 rings (SSSR count). The molecular formula is C13H32O2Si3. The third kappa shape index (κ3) is 10.3. The van der Waals surface area contributed by atoms with E-state index in [4.69, 9.17) is 8.23 Å². The van der Waals surface area contributed by atoms with Crippen LogP contribution in [0.1, 0.15) is 26.2 Å². The Labute approximate surface area is 117 Å². The number of unbranched alkanes of at least 4 members (excludes halogenated alkanes) is 2. The van der Waals surface area contributed by atoms with Gasteiger partial charge in [0.05, 0.1) is 0 Å². The molecule has 0 spiro atoms. The topological polar surface area (TPSA) is 18.5 Å². The van der Waals surface area contributed by atoms with E-state index in [0.29, 0.717) is 0 Å². The number of rotatable bonds is 8. The zero-order chi connectivity index (χ0) is 14.4. The van der Waals surface area contributed by atoms with Crippen molar-refractivity contribution in [1.82, 2.24) is 0 Å². The first-order chi connectivity index (χ1) is 7.97. The fourth-order valence-corrected chi connectivity index (χ4v) is 13.3. The zero-order valence-corrected chi connectivity index (χ0v) is 16.6. The summed E-state index contributed by atoms with van der Waals surface area (Å²) in [6, 6.07) is 0. The standard InChI is InChI=1S/C13H32O2Si3/c1-9-10-11-12-13-18(8,14-16(2,3)4)15-17(5,6)7/h12-13H,9-11H2,1-8H3/b13-12-. The molecule has 0 fully saturated rings. The Kier molecular flexibility index (Phi) is 7.31. The van der Waals surface area contributed by atoms with Crippen molar-refractivity contribution in [2.75, 3.05) is 0 Å². The first kappa shape index (κ1) is 18.3. The smallest absolute Gasteiger partial charge is 0.340 e. The fraction of sp³-hybridized carbons (Fsp3) is 0.846. The summed E-state index contributed by atoms with van der Waals surface area (Å²) in [4.78, 5) is 0. The summed E-state index contributed by atoms with van der Waals surface area (Å²) in [5, 5.41) is 0. The average Bonchev–Trinajstić information content (AvgIpc) is 2.05. The van der Waals surface area contributed by atoms with E-state index < -0.39 is 25.2 Å². The maximum Gasteiger partial charge on any atom is 0.340 e. The van der Waals surface area contributed by atoms with E-state index in [-0.39, 0.29) is 0 Å². The average molecular weight is 305 g/mol. The molecule has 0 aromatic carbocycles. The summed E-state index contributed by atoms with van der Waals surface area (Å²) in [5.74, 6) is 0. The van der Waals surface area contributed by atoms with Crippen LogP contribution in [0.5, 0.6) is 0 Å². The maximum absolute atomic E-state index is 6.39. The van der Waals surface area contributed by atoms with E-state index >= 15 is 0 Å². The minimum Gasteiger partial charge on any atom is -0.434 e. The Morgan fingerprint density at radius 3 is 1.61 bits per heavy atom. The van der Waals surface area contributed by atoms with Gasteiger partial charge in [0.2, 0.25) is 0 Å². The van der Waals surface area contributed by atoms with Gasteiger partial charge in [0.25, 0.3) is 0 Å². The Morgan fingerprint density at radius 1 is 0.833 bits per heavy atom. The second kappa shape index (κ2) is 7.19. The monoisotopic (exact) mass is 304 g/mol. The summed E-state index contributed by atoms with van der Waals surface area (Å²) in [6.07, 6.45) is 5.91. The molecular weight excluding hydrogens is 272 g/mol. The SMILES string of the molecule is CCCC/C=C\[Si](C)(O[Si](C)(C)C)O[Si](C)(C)C. The molecule has 2 nitrogen and oxygen atoms in total. The highest BCUT2D eigenvalue weighted by Crippen LogP contribution is 2.22. The molecule has 0 heterocycles. The van der Waals surface area contributed by atoms with Gasteiger partial charge in [0.15, 0.2) is 16.6 Å². The first-order valence-electron chi connectivity index (χ1n) is 7.05. The molecule has 0 aliphatic heterocycles. The molecule has 0 aromatic rings. The molecule has 0 radical (unpaired) electrons. The van der Waals surface area contributed by atoms with Crippen molar-refractivity contribution in [3.8, 4) is 0 Å². The van der Waals surface area contributed by atoms with Crippen LogP contribution in [0.15, 0.2) is 11.8 Å². The molecule has 0 aromatic heterocycles. The molecule has 0 aliphatic carbocycles. The predicted octanol–water partition coefficient (Wildman–Crippen LogP) is 5.05. The lowest BCUT2D eigenvalue weighted by molar-refractivity contribution is 0.403. The van der Waals surface area contributed by atoms with E-state index in [0.717, 1.165) is 6.42 Å². The van der Waals surface area contributed by atoms with Crippen molar-refractivity contribution < 1.29 is 8.23 Å².